The molecule has 0 aromatic heterocycles. The number of rotatable bonds is 5. The first-order chi connectivity index (χ1) is 14.2. The van der Waals surface area contributed by atoms with Crippen LogP contribution in [0.3, 0.4) is 0 Å². The van der Waals surface area contributed by atoms with Gasteiger partial charge < -0.3 is 14.9 Å². The van der Waals surface area contributed by atoms with Gasteiger partial charge in [0.1, 0.15) is 0 Å². The van der Waals surface area contributed by atoms with Crippen LogP contribution in [0.1, 0.15) is 63.4 Å². The quantitative estimate of drug-likeness (QED) is 0.827. The lowest BCUT2D eigenvalue weighted by Crippen LogP contribution is -2.48. The van der Waals surface area contributed by atoms with Gasteiger partial charge in [-0.15, -0.1) is 0 Å². The van der Waals surface area contributed by atoms with Gasteiger partial charge in [-0.05, 0) is 70.0 Å². The number of benzene rings is 1. The largest absolute Gasteiger partial charge is 0.396 e. The van der Waals surface area contributed by atoms with Gasteiger partial charge in [-0.2, -0.15) is 0 Å². The van der Waals surface area contributed by atoms with Gasteiger partial charge in [-0.25, -0.2) is 0 Å². The Morgan fingerprint density at radius 1 is 0.966 bits per heavy atom. The Labute approximate surface area is 175 Å². The van der Waals surface area contributed by atoms with E-state index in [1.807, 2.05) is 6.07 Å². The summed E-state index contributed by atoms with van der Waals surface area (Å²) in [7, 11) is 0. The summed E-state index contributed by atoms with van der Waals surface area (Å²) in [5, 5.41) is 10.4. The number of hydrogen-bond donors (Lipinski definition) is 1. The molecule has 1 N–H and O–H groups in total. The predicted molar refractivity (Wildman–Crippen MR) is 114 cm³/mol. The van der Waals surface area contributed by atoms with E-state index >= 15 is 0 Å². The van der Waals surface area contributed by atoms with E-state index in [0.717, 1.165) is 57.7 Å². The standard InChI is InChI=1S/C25H36N2O2/c28-18-25(16-19-6-2-1-3-7-19)17-22-10-11-23(25)27(22)24(29)20-12-14-26(15-13-20)21-8-4-5-9-21/h1-3,6-7,20-23,28H,4-5,8-18H2/t22-,23+,25-/m0/s1. The third-order valence-electron chi connectivity index (χ3n) is 8.54. The average molecular weight is 397 g/mol. The van der Waals surface area contributed by atoms with Gasteiger partial charge in [0, 0.05) is 29.5 Å². The minimum absolute atomic E-state index is 0.148. The minimum atomic E-state index is -0.148. The number of carbonyl (C=O) groups is 1. The highest BCUT2D eigenvalue weighted by molar-refractivity contribution is 5.80. The summed E-state index contributed by atoms with van der Waals surface area (Å²) in [6.07, 6.45) is 11.5. The normalized spacial score (nSPS) is 33.6. The maximum absolute atomic E-state index is 13.6. The van der Waals surface area contributed by atoms with Crippen molar-refractivity contribution >= 4 is 5.91 Å². The number of carbonyl (C=O) groups excluding carboxylic acids is 1. The molecule has 4 nitrogen and oxygen atoms in total. The van der Waals surface area contributed by atoms with Crippen LogP contribution in [0.15, 0.2) is 30.3 Å². The lowest BCUT2D eigenvalue weighted by Gasteiger charge is -2.39. The molecule has 3 heterocycles. The van der Waals surface area contributed by atoms with Gasteiger partial charge >= 0.3 is 0 Å². The van der Waals surface area contributed by atoms with E-state index in [-0.39, 0.29) is 24.0 Å². The zero-order chi connectivity index (χ0) is 19.8. The van der Waals surface area contributed by atoms with Crippen molar-refractivity contribution in [1.29, 1.82) is 0 Å². The lowest BCUT2D eigenvalue weighted by molar-refractivity contribution is -0.139. The molecule has 1 amide bonds. The van der Waals surface area contributed by atoms with E-state index in [2.05, 4.69) is 34.1 Å². The molecule has 29 heavy (non-hydrogen) atoms. The second kappa shape index (κ2) is 8.03. The van der Waals surface area contributed by atoms with Crippen LogP contribution in [-0.4, -0.2) is 58.6 Å². The van der Waals surface area contributed by atoms with E-state index in [9.17, 15) is 9.90 Å². The Morgan fingerprint density at radius 2 is 1.69 bits per heavy atom. The van der Waals surface area contributed by atoms with Crippen molar-refractivity contribution < 1.29 is 9.90 Å². The van der Waals surface area contributed by atoms with Gasteiger partial charge in [0.15, 0.2) is 0 Å². The molecule has 4 aliphatic rings. The van der Waals surface area contributed by atoms with Gasteiger partial charge in [0.25, 0.3) is 0 Å². The molecule has 0 radical (unpaired) electrons. The van der Waals surface area contributed by atoms with Crippen molar-refractivity contribution in [3.63, 3.8) is 0 Å². The molecule has 1 aromatic rings. The van der Waals surface area contributed by atoms with Crippen molar-refractivity contribution in [2.24, 2.45) is 11.3 Å². The lowest BCUT2D eigenvalue weighted by atomic mass is 9.70. The predicted octanol–water partition coefficient (Wildman–Crippen LogP) is 3.63. The smallest absolute Gasteiger partial charge is 0.226 e. The van der Waals surface area contributed by atoms with E-state index in [0.29, 0.717) is 11.9 Å². The molecular weight excluding hydrogens is 360 g/mol. The Kier molecular flexibility index (Phi) is 5.42. The van der Waals surface area contributed by atoms with Crippen molar-refractivity contribution in [3.05, 3.63) is 35.9 Å². The molecule has 2 bridgehead atoms. The van der Waals surface area contributed by atoms with Crippen LogP contribution in [0.5, 0.6) is 0 Å². The Hall–Kier alpha value is -1.39. The number of fused-ring (bicyclic) bond motifs is 2. The first kappa shape index (κ1) is 19.6. The zero-order valence-electron chi connectivity index (χ0n) is 17.6. The fourth-order valence-corrected chi connectivity index (χ4v) is 7.03. The summed E-state index contributed by atoms with van der Waals surface area (Å²) in [6, 6.07) is 11.9. The van der Waals surface area contributed by atoms with Gasteiger partial charge in [-0.1, -0.05) is 43.2 Å². The first-order valence-electron chi connectivity index (χ1n) is 11.9. The molecule has 3 aliphatic heterocycles. The van der Waals surface area contributed by atoms with Crippen molar-refractivity contribution in [1.82, 2.24) is 9.80 Å². The highest BCUT2D eigenvalue weighted by atomic mass is 16.3. The molecular formula is C25H36N2O2. The van der Waals surface area contributed by atoms with Crippen LogP contribution >= 0.6 is 0 Å². The molecule has 5 rings (SSSR count). The summed E-state index contributed by atoms with van der Waals surface area (Å²) in [6.45, 7) is 2.38. The fourth-order valence-electron chi connectivity index (χ4n) is 7.03. The number of piperidine rings is 1. The van der Waals surface area contributed by atoms with Crippen LogP contribution in [0.25, 0.3) is 0 Å². The second-order valence-corrected chi connectivity index (χ2v) is 10.1. The third kappa shape index (κ3) is 3.53. The van der Waals surface area contributed by atoms with Crippen LogP contribution in [0.2, 0.25) is 0 Å². The Balaban J connectivity index is 1.26. The number of amides is 1. The monoisotopic (exact) mass is 396 g/mol. The molecule has 0 unspecified atom stereocenters. The molecule has 1 aliphatic carbocycles. The zero-order valence-corrected chi connectivity index (χ0v) is 17.6. The van der Waals surface area contributed by atoms with Crippen molar-refractivity contribution in [2.75, 3.05) is 19.7 Å². The summed E-state index contributed by atoms with van der Waals surface area (Å²) in [5.41, 5.74) is 1.14. The third-order valence-corrected chi connectivity index (χ3v) is 8.54. The molecule has 1 saturated carbocycles. The number of aliphatic hydroxyl groups is 1. The molecule has 3 saturated heterocycles. The van der Waals surface area contributed by atoms with E-state index in [1.54, 1.807) is 0 Å². The van der Waals surface area contributed by atoms with Gasteiger partial charge in [-0.3, -0.25) is 4.79 Å². The van der Waals surface area contributed by atoms with Crippen molar-refractivity contribution in [2.45, 2.75) is 82.3 Å². The highest BCUT2D eigenvalue weighted by Gasteiger charge is 2.57. The van der Waals surface area contributed by atoms with Gasteiger partial charge in [0.2, 0.25) is 5.91 Å². The maximum atomic E-state index is 13.6. The Bertz CT molecular complexity index is 709. The van der Waals surface area contributed by atoms with Crippen molar-refractivity contribution in [3.8, 4) is 0 Å². The minimum Gasteiger partial charge on any atom is -0.396 e. The van der Waals surface area contributed by atoms with E-state index in [4.69, 9.17) is 0 Å². The first-order valence-corrected chi connectivity index (χ1v) is 11.9. The SMILES string of the molecule is O=C(C1CCN(C2CCCC2)CC1)N1[C@H]2CC[C@@H]1[C@@](CO)(Cc1ccccc1)C2. The average Bonchev–Trinajstić information content (AvgIpc) is 3.50. The molecule has 158 valence electrons. The Morgan fingerprint density at radius 3 is 2.38 bits per heavy atom. The van der Waals surface area contributed by atoms with E-state index in [1.165, 1.54) is 31.2 Å². The second-order valence-electron chi connectivity index (χ2n) is 10.1. The topological polar surface area (TPSA) is 43.8 Å². The van der Waals surface area contributed by atoms with Crippen LogP contribution < -0.4 is 0 Å². The highest BCUT2D eigenvalue weighted by Crippen LogP contribution is 2.52. The van der Waals surface area contributed by atoms with Crippen LogP contribution in [0, 0.1) is 11.3 Å². The maximum Gasteiger partial charge on any atom is 0.226 e. The summed E-state index contributed by atoms with van der Waals surface area (Å²) in [4.78, 5) is 18.5. The van der Waals surface area contributed by atoms with Crippen LogP contribution in [-0.2, 0) is 11.2 Å². The fraction of sp³-hybridized carbons (Fsp3) is 0.720. The summed E-state index contributed by atoms with van der Waals surface area (Å²) in [5.74, 6) is 0.592. The summed E-state index contributed by atoms with van der Waals surface area (Å²) < 4.78 is 0. The number of likely N-dealkylation sites (tertiary alicyclic amines) is 1. The van der Waals surface area contributed by atoms with Gasteiger partial charge in [0.05, 0.1) is 6.61 Å². The molecule has 0 spiro atoms. The van der Waals surface area contributed by atoms with E-state index < -0.39 is 0 Å². The molecule has 3 atom stereocenters. The molecule has 1 aromatic carbocycles. The van der Waals surface area contributed by atoms with Crippen LogP contribution in [0.4, 0.5) is 0 Å². The number of hydrogen-bond acceptors (Lipinski definition) is 3. The number of aliphatic hydroxyl groups excluding tert-OH is 1. The number of nitrogens with zero attached hydrogens (tertiary/aromatic N) is 2. The summed E-state index contributed by atoms with van der Waals surface area (Å²) >= 11 is 0. The molecule has 4 heteroatoms. The molecule has 4 fully saturated rings.